The number of hydrogen-bond donors (Lipinski definition) is 1. The van der Waals surface area contributed by atoms with Crippen LogP contribution in [0.15, 0.2) is 18.3 Å². The molecule has 4 heteroatoms. The van der Waals surface area contributed by atoms with E-state index in [-0.39, 0.29) is 0 Å². The van der Waals surface area contributed by atoms with Crippen LogP contribution in [0.1, 0.15) is 32.3 Å². The SMILES string of the molecule is CC(C)NCc1cccnc1N1CCCC(N(C)C)C1. The monoisotopic (exact) mass is 276 g/mol. The molecule has 1 atom stereocenters. The van der Waals surface area contributed by atoms with Crippen molar-refractivity contribution in [3.8, 4) is 0 Å². The molecule has 0 amide bonds. The van der Waals surface area contributed by atoms with Crippen LogP contribution in [0.3, 0.4) is 0 Å². The van der Waals surface area contributed by atoms with Crippen LogP contribution in [-0.2, 0) is 6.54 Å². The third kappa shape index (κ3) is 3.93. The number of likely N-dealkylation sites (N-methyl/N-ethyl adjacent to an activating group) is 1. The Morgan fingerprint density at radius 3 is 2.95 bits per heavy atom. The van der Waals surface area contributed by atoms with E-state index in [1.807, 2.05) is 12.3 Å². The first kappa shape index (κ1) is 15.3. The summed E-state index contributed by atoms with van der Waals surface area (Å²) in [6, 6.07) is 5.36. The van der Waals surface area contributed by atoms with Gasteiger partial charge in [-0.25, -0.2) is 4.98 Å². The summed E-state index contributed by atoms with van der Waals surface area (Å²) < 4.78 is 0. The number of hydrogen-bond acceptors (Lipinski definition) is 4. The highest BCUT2D eigenvalue weighted by molar-refractivity contribution is 5.47. The Bertz CT molecular complexity index is 417. The number of pyridine rings is 1. The lowest BCUT2D eigenvalue weighted by molar-refractivity contribution is 0.257. The fourth-order valence-corrected chi connectivity index (χ4v) is 2.74. The zero-order chi connectivity index (χ0) is 14.5. The highest BCUT2D eigenvalue weighted by Gasteiger charge is 2.23. The Hall–Kier alpha value is -1.13. The molecule has 1 aromatic heterocycles. The van der Waals surface area contributed by atoms with Crippen LogP contribution in [0.2, 0.25) is 0 Å². The summed E-state index contributed by atoms with van der Waals surface area (Å²) in [6.45, 7) is 7.46. The highest BCUT2D eigenvalue weighted by atomic mass is 15.2. The van der Waals surface area contributed by atoms with E-state index in [0.29, 0.717) is 12.1 Å². The molecule has 1 saturated heterocycles. The smallest absolute Gasteiger partial charge is 0.133 e. The first-order chi connectivity index (χ1) is 9.58. The van der Waals surface area contributed by atoms with Gasteiger partial charge < -0.3 is 15.1 Å². The van der Waals surface area contributed by atoms with Gasteiger partial charge in [-0.05, 0) is 33.0 Å². The molecule has 1 aromatic rings. The number of nitrogens with one attached hydrogen (secondary N) is 1. The summed E-state index contributed by atoms with van der Waals surface area (Å²) in [5.74, 6) is 1.16. The van der Waals surface area contributed by atoms with Crippen molar-refractivity contribution in [2.24, 2.45) is 0 Å². The van der Waals surface area contributed by atoms with Crippen LogP contribution in [0.25, 0.3) is 0 Å². The quantitative estimate of drug-likeness (QED) is 0.892. The van der Waals surface area contributed by atoms with Gasteiger partial charge >= 0.3 is 0 Å². The van der Waals surface area contributed by atoms with Crippen molar-refractivity contribution in [1.29, 1.82) is 0 Å². The molecule has 20 heavy (non-hydrogen) atoms. The van der Waals surface area contributed by atoms with Crippen molar-refractivity contribution in [2.45, 2.75) is 45.3 Å². The number of rotatable bonds is 5. The zero-order valence-corrected chi connectivity index (χ0v) is 13.3. The second-order valence-corrected chi connectivity index (χ2v) is 6.23. The molecule has 2 rings (SSSR count). The largest absolute Gasteiger partial charge is 0.355 e. The minimum absolute atomic E-state index is 0.499. The number of aromatic nitrogens is 1. The molecule has 1 aliphatic rings. The normalized spacial score (nSPS) is 19.9. The van der Waals surface area contributed by atoms with Crippen LogP contribution < -0.4 is 10.2 Å². The first-order valence-corrected chi connectivity index (χ1v) is 7.66. The Morgan fingerprint density at radius 1 is 1.45 bits per heavy atom. The van der Waals surface area contributed by atoms with E-state index in [1.165, 1.54) is 18.4 Å². The molecule has 0 saturated carbocycles. The van der Waals surface area contributed by atoms with Gasteiger partial charge in [0, 0.05) is 43.5 Å². The molecule has 1 unspecified atom stereocenters. The topological polar surface area (TPSA) is 31.4 Å². The molecule has 0 spiro atoms. The molecule has 1 N–H and O–H groups in total. The maximum absolute atomic E-state index is 4.64. The Morgan fingerprint density at radius 2 is 2.25 bits per heavy atom. The average Bonchev–Trinajstić information content (AvgIpc) is 2.45. The van der Waals surface area contributed by atoms with E-state index >= 15 is 0 Å². The van der Waals surface area contributed by atoms with E-state index in [0.717, 1.165) is 25.5 Å². The van der Waals surface area contributed by atoms with Gasteiger partial charge in [0.05, 0.1) is 0 Å². The molecule has 0 bridgehead atoms. The summed E-state index contributed by atoms with van der Waals surface area (Å²) >= 11 is 0. The van der Waals surface area contributed by atoms with Crippen molar-refractivity contribution in [3.63, 3.8) is 0 Å². The van der Waals surface area contributed by atoms with Gasteiger partial charge in [0.15, 0.2) is 0 Å². The van der Waals surface area contributed by atoms with Crippen LogP contribution in [0.4, 0.5) is 5.82 Å². The average molecular weight is 276 g/mol. The fraction of sp³-hybridized carbons (Fsp3) is 0.688. The third-order valence-corrected chi connectivity index (χ3v) is 3.99. The number of anilines is 1. The van der Waals surface area contributed by atoms with E-state index in [2.05, 4.69) is 54.1 Å². The van der Waals surface area contributed by atoms with Crippen molar-refractivity contribution >= 4 is 5.82 Å². The lowest BCUT2D eigenvalue weighted by atomic mass is 10.0. The van der Waals surface area contributed by atoms with Crippen LogP contribution in [0.5, 0.6) is 0 Å². The second kappa shape index (κ2) is 7.04. The standard InChI is InChI=1S/C16H28N4/c1-13(2)18-11-14-7-5-9-17-16(14)20-10-6-8-15(12-20)19(3)4/h5,7,9,13,15,18H,6,8,10-12H2,1-4H3. The molecule has 1 aliphatic heterocycles. The Balaban J connectivity index is 2.10. The molecule has 1 fully saturated rings. The van der Waals surface area contributed by atoms with E-state index in [4.69, 9.17) is 0 Å². The summed E-state index contributed by atoms with van der Waals surface area (Å²) in [7, 11) is 4.35. The van der Waals surface area contributed by atoms with Crippen molar-refractivity contribution in [2.75, 3.05) is 32.1 Å². The Labute approximate surface area is 123 Å². The molecule has 4 nitrogen and oxygen atoms in total. The zero-order valence-electron chi connectivity index (χ0n) is 13.3. The molecular formula is C16H28N4. The summed E-state index contributed by atoms with van der Waals surface area (Å²) in [5.41, 5.74) is 1.31. The molecule has 112 valence electrons. The van der Waals surface area contributed by atoms with Crippen molar-refractivity contribution in [3.05, 3.63) is 23.9 Å². The lowest BCUT2D eigenvalue weighted by Gasteiger charge is -2.37. The van der Waals surface area contributed by atoms with E-state index in [1.54, 1.807) is 0 Å². The van der Waals surface area contributed by atoms with Gasteiger partial charge in [0.25, 0.3) is 0 Å². The molecule has 2 heterocycles. The fourth-order valence-electron chi connectivity index (χ4n) is 2.74. The predicted octanol–water partition coefficient (Wildman–Crippen LogP) is 2.11. The van der Waals surface area contributed by atoms with Crippen LogP contribution >= 0.6 is 0 Å². The van der Waals surface area contributed by atoms with Gasteiger partial charge in [0.1, 0.15) is 5.82 Å². The van der Waals surface area contributed by atoms with Gasteiger partial charge in [-0.3, -0.25) is 0 Å². The van der Waals surface area contributed by atoms with Gasteiger partial charge in [0.2, 0.25) is 0 Å². The van der Waals surface area contributed by atoms with E-state index in [9.17, 15) is 0 Å². The molecule has 0 radical (unpaired) electrons. The molecule has 0 aliphatic carbocycles. The number of piperidine rings is 1. The van der Waals surface area contributed by atoms with Crippen LogP contribution in [0, 0.1) is 0 Å². The maximum Gasteiger partial charge on any atom is 0.133 e. The second-order valence-electron chi connectivity index (χ2n) is 6.23. The van der Waals surface area contributed by atoms with Crippen LogP contribution in [-0.4, -0.2) is 49.2 Å². The molecular weight excluding hydrogens is 248 g/mol. The Kier molecular flexibility index (Phi) is 5.38. The van der Waals surface area contributed by atoms with Crippen molar-refractivity contribution < 1.29 is 0 Å². The first-order valence-electron chi connectivity index (χ1n) is 7.66. The summed E-state index contributed by atoms with van der Waals surface area (Å²) in [5, 5.41) is 3.50. The minimum atomic E-state index is 0.499. The van der Waals surface area contributed by atoms with Gasteiger partial charge in [-0.2, -0.15) is 0 Å². The summed E-state index contributed by atoms with van der Waals surface area (Å²) in [4.78, 5) is 9.43. The van der Waals surface area contributed by atoms with E-state index < -0.39 is 0 Å². The van der Waals surface area contributed by atoms with Crippen molar-refractivity contribution in [1.82, 2.24) is 15.2 Å². The third-order valence-electron chi connectivity index (χ3n) is 3.99. The highest BCUT2D eigenvalue weighted by Crippen LogP contribution is 2.23. The predicted molar refractivity (Wildman–Crippen MR) is 85.1 cm³/mol. The minimum Gasteiger partial charge on any atom is -0.355 e. The number of nitrogens with zero attached hydrogens (tertiary/aromatic N) is 3. The molecule has 0 aromatic carbocycles. The van der Waals surface area contributed by atoms with Gasteiger partial charge in [-0.15, -0.1) is 0 Å². The summed E-state index contributed by atoms with van der Waals surface area (Å²) in [6.07, 6.45) is 4.44. The maximum atomic E-state index is 4.64. The lowest BCUT2D eigenvalue weighted by Crippen LogP contribution is -2.45. The van der Waals surface area contributed by atoms with Gasteiger partial charge in [-0.1, -0.05) is 19.9 Å².